The minimum absolute atomic E-state index is 0.341. The highest BCUT2D eigenvalue weighted by Gasteiger charge is 2.21. The lowest BCUT2D eigenvalue weighted by Crippen LogP contribution is -2.18. The maximum absolute atomic E-state index is 5.94. The van der Waals surface area contributed by atoms with Gasteiger partial charge in [0, 0.05) is 19.1 Å². The first kappa shape index (κ1) is 12.8. The third kappa shape index (κ3) is 2.77. The number of hydrogen-bond acceptors (Lipinski definition) is 4. The number of nitrogens with zero attached hydrogens (tertiary/aromatic N) is 2. The van der Waals surface area contributed by atoms with Gasteiger partial charge in [-0.3, -0.25) is 0 Å². The molecule has 2 rings (SSSR count). The van der Waals surface area contributed by atoms with Gasteiger partial charge in [0.25, 0.3) is 0 Å². The molecule has 0 spiro atoms. The van der Waals surface area contributed by atoms with Crippen LogP contribution >= 0.6 is 15.9 Å². The summed E-state index contributed by atoms with van der Waals surface area (Å²) in [7, 11) is 0. The first-order chi connectivity index (χ1) is 8.09. The van der Waals surface area contributed by atoms with E-state index in [2.05, 4.69) is 39.7 Å². The third-order valence-corrected chi connectivity index (χ3v) is 3.87. The molecule has 2 heterocycles. The monoisotopic (exact) mass is 299 g/mol. The number of nitrogens with two attached hydrogens (primary N) is 1. The Morgan fingerprint density at radius 3 is 2.53 bits per heavy atom. The first-order valence-corrected chi connectivity index (χ1v) is 6.79. The number of halogens is 1. The summed E-state index contributed by atoms with van der Waals surface area (Å²) in [6.07, 6.45) is 1.97. The molecule has 17 heavy (non-hydrogen) atoms. The van der Waals surface area contributed by atoms with Crippen molar-refractivity contribution >= 4 is 21.7 Å². The predicted octanol–water partition coefficient (Wildman–Crippen LogP) is 2.84. The van der Waals surface area contributed by atoms with Crippen molar-refractivity contribution in [3.63, 3.8) is 0 Å². The SMILES string of the molecule is CC(C)c1nc(C2CCOCC2)nc(N)c1Br. The Morgan fingerprint density at radius 1 is 1.29 bits per heavy atom. The predicted molar refractivity (Wildman–Crippen MR) is 71.0 cm³/mol. The molecule has 0 atom stereocenters. The number of anilines is 1. The van der Waals surface area contributed by atoms with Crippen LogP contribution in [0.25, 0.3) is 0 Å². The van der Waals surface area contributed by atoms with Gasteiger partial charge < -0.3 is 10.5 Å². The van der Waals surface area contributed by atoms with Crippen molar-refractivity contribution in [2.75, 3.05) is 18.9 Å². The van der Waals surface area contributed by atoms with Gasteiger partial charge >= 0.3 is 0 Å². The van der Waals surface area contributed by atoms with Crippen LogP contribution in [0.1, 0.15) is 50.0 Å². The Labute approximate surface area is 110 Å². The summed E-state index contributed by atoms with van der Waals surface area (Å²) in [6, 6.07) is 0. The topological polar surface area (TPSA) is 61.0 Å². The number of ether oxygens (including phenoxy) is 1. The Bertz CT molecular complexity index is 403. The van der Waals surface area contributed by atoms with Crippen LogP contribution in [-0.2, 0) is 4.74 Å². The quantitative estimate of drug-likeness (QED) is 0.912. The summed E-state index contributed by atoms with van der Waals surface area (Å²) in [6.45, 7) is 5.81. The second-order valence-electron chi connectivity index (χ2n) is 4.71. The Kier molecular flexibility index (Phi) is 3.99. The van der Waals surface area contributed by atoms with E-state index in [1.54, 1.807) is 0 Å². The molecule has 4 nitrogen and oxygen atoms in total. The van der Waals surface area contributed by atoms with Crippen molar-refractivity contribution in [1.29, 1.82) is 0 Å². The lowest BCUT2D eigenvalue weighted by atomic mass is 9.99. The number of rotatable bonds is 2. The van der Waals surface area contributed by atoms with Crippen molar-refractivity contribution in [2.45, 2.75) is 38.5 Å². The average Bonchev–Trinajstić information content (AvgIpc) is 2.33. The van der Waals surface area contributed by atoms with E-state index in [0.717, 1.165) is 42.0 Å². The van der Waals surface area contributed by atoms with Crippen LogP contribution in [0.15, 0.2) is 4.47 Å². The van der Waals surface area contributed by atoms with E-state index in [-0.39, 0.29) is 0 Å². The molecule has 1 saturated heterocycles. The van der Waals surface area contributed by atoms with Gasteiger partial charge in [0.15, 0.2) is 0 Å². The Hall–Kier alpha value is -0.680. The largest absolute Gasteiger partial charge is 0.383 e. The summed E-state index contributed by atoms with van der Waals surface area (Å²) in [5, 5.41) is 0. The summed E-state index contributed by atoms with van der Waals surface area (Å²) in [5.74, 6) is 2.15. The lowest BCUT2D eigenvalue weighted by Gasteiger charge is -2.22. The molecule has 0 saturated carbocycles. The van der Waals surface area contributed by atoms with E-state index < -0.39 is 0 Å². The summed E-state index contributed by atoms with van der Waals surface area (Å²) in [5.41, 5.74) is 6.94. The summed E-state index contributed by atoms with van der Waals surface area (Å²) in [4.78, 5) is 9.07. The molecule has 0 unspecified atom stereocenters. The highest BCUT2D eigenvalue weighted by atomic mass is 79.9. The van der Waals surface area contributed by atoms with Crippen LogP contribution in [0.5, 0.6) is 0 Å². The summed E-state index contributed by atoms with van der Waals surface area (Å²) >= 11 is 3.46. The highest BCUT2D eigenvalue weighted by Crippen LogP contribution is 2.31. The fraction of sp³-hybridized carbons (Fsp3) is 0.667. The van der Waals surface area contributed by atoms with Crippen LogP contribution in [0.2, 0.25) is 0 Å². The molecular formula is C12H18BrN3O. The van der Waals surface area contributed by atoms with Crippen molar-refractivity contribution in [3.8, 4) is 0 Å². The Balaban J connectivity index is 2.34. The van der Waals surface area contributed by atoms with Crippen LogP contribution in [-0.4, -0.2) is 23.2 Å². The van der Waals surface area contributed by atoms with Gasteiger partial charge in [0.2, 0.25) is 0 Å². The van der Waals surface area contributed by atoms with Crippen molar-refractivity contribution in [2.24, 2.45) is 0 Å². The molecule has 1 aromatic rings. The fourth-order valence-corrected chi connectivity index (χ4v) is 2.66. The van der Waals surface area contributed by atoms with Crippen LogP contribution < -0.4 is 5.73 Å². The first-order valence-electron chi connectivity index (χ1n) is 6.00. The van der Waals surface area contributed by atoms with Crippen molar-refractivity contribution < 1.29 is 4.74 Å². The highest BCUT2D eigenvalue weighted by molar-refractivity contribution is 9.10. The maximum Gasteiger partial charge on any atom is 0.141 e. The van der Waals surface area contributed by atoms with Crippen LogP contribution in [0.4, 0.5) is 5.82 Å². The smallest absolute Gasteiger partial charge is 0.141 e. The van der Waals surface area contributed by atoms with Gasteiger partial charge in [-0.15, -0.1) is 0 Å². The van der Waals surface area contributed by atoms with Crippen LogP contribution in [0.3, 0.4) is 0 Å². The van der Waals surface area contributed by atoms with E-state index in [9.17, 15) is 0 Å². The molecule has 5 heteroatoms. The van der Waals surface area contributed by atoms with Gasteiger partial charge in [-0.1, -0.05) is 13.8 Å². The average molecular weight is 300 g/mol. The Morgan fingerprint density at radius 2 is 1.94 bits per heavy atom. The normalized spacial score (nSPS) is 17.6. The van der Waals surface area contributed by atoms with Gasteiger partial charge in [0.05, 0.1) is 10.2 Å². The van der Waals surface area contributed by atoms with E-state index in [4.69, 9.17) is 10.5 Å². The van der Waals surface area contributed by atoms with E-state index >= 15 is 0 Å². The zero-order valence-corrected chi connectivity index (χ0v) is 11.8. The second-order valence-corrected chi connectivity index (χ2v) is 5.50. The van der Waals surface area contributed by atoms with Gasteiger partial charge in [-0.05, 0) is 34.7 Å². The molecule has 1 fully saturated rings. The van der Waals surface area contributed by atoms with Gasteiger partial charge in [-0.25, -0.2) is 9.97 Å². The second kappa shape index (κ2) is 5.31. The van der Waals surface area contributed by atoms with E-state index in [1.165, 1.54) is 0 Å². The molecule has 0 aromatic carbocycles. The van der Waals surface area contributed by atoms with E-state index in [1.807, 2.05) is 0 Å². The minimum atomic E-state index is 0.341. The molecule has 1 aliphatic rings. The molecular weight excluding hydrogens is 282 g/mol. The molecule has 1 aromatic heterocycles. The van der Waals surface area contributed by atoms with Gasteiger partial charge in [-0.2, -0.15) is 0 Å². The van der Waals surface area contributed by atoms with Crippen molar-refractivity contribution in [3.05, 3.63) is 16.0 Å². The molecule has 2 N–H and O–H groups in total. The number of nitrogen functional groups attached to an aromatic ring is 1. The molecule has 1 aliphatic heterocycles. The molecule has 0 bridgehead atoms. The standard InChI is InChI=1S/C12H18BrN3O/c1-7(2)10-9(13)11(14)16-12(15-10)8-3-5-17-6-4-8/h7-8H,3-6H2,1-2H3,(H2,14,15,16). The van der Waals surface area contributed by atoms with Gasteiger partial charge in [0.1, 0.15) is 11.6 Å². The van der Waals surface area contributed by atoms with E-state index in [0.29, 0.717) is 17.7 Å². The van der Waals surface area contributed by atoms with Crippen LogP contribution in [0, 0.1) is 0 Å². The fourth-order valence-electron chi connectivity index (χ4n) is 2.02. The van der Waals surface area contributed by atoms with Crippen molar-refractivity contribution in [1.82, 2.24) is 9.97 Å². The zero-order valence-electron chi connectivity index (χ0n) is 10.2. The number of hydrogen-bond donors (Lipinski definition) is 1. The lowest BCUT2D eigenvalue weighted by molar-refractivity contribution is 0.0835. The zero-order chi connectivity index (χ0) is 12.4. The maximum atomic E-state index is 5.94. The molecule has 0 radical (unpaired) electrons. The molecule has 0 aliphatic carbocycles. The summed E-state index contributed by atoms with van der Waals surface area (Å²) < 4.78 is 6.19. The minimum Gasteiger partial charge on any atom is -0.383 e. The number of aromatic nitrogens is 2. The molecule has 0 amide bonds. The molecule has 94 valence electrons. The third-order valence-electron chi connectivity index (χ3n) is 3.05.